The van der Waals surface area contributed by atoms with Gasteiger partial charge in [0.1, 0.15) is 9.30 Å². The van der Waals surface area contributed by atoms with Crippen molar-refractivity contribution < 1.29 is 9.21 Å². The number of para-hydroxylation sites is 2. The van der Waals surface area contributed by atoms with Crippen LogP contribution in [-0.4, -0.2) is 39.9 Å². The number of halogens is 1. The monoisotopic (exact) mass is 432 g/mol. The molecule has 0 spiro atoms. The number of hydrogen-bond donors (Lipinski definition) is 1. The molecule has 3 heterocycles. The van der Waals surface area contributed by atoms with Crippen LogP contribution in [0.15, 0.2) is 32.5 Å². The number of aromatic nitrogens is 2. The summed E-state index contributed by atoms with van der Waals surface area (Å²) in [5, 5.41) is 4.18. The van der Waals surface area contributed by atoms with Crippen LogP contribution >= 0.6 is 27.3 Å². The highest BCUT2D eigenvalue weighted by molar-refractivity contribution is 9.11. The zero-order valence-corrected chi connectivity index (χ0v) is 16.5. The van der Waals surface area contributed by atoms with Crippen molar-refractivity contribution in [3.05, 3.63) is 38.8 Å². The molecule has 3 aromatic rings. The van der Waals surface area contributed by atoms with Crippen molar-refractivity contribution in [3.63, 3.8) is 0 Å². The predicted octanol–water partition coefficient (Wildman–Crippen LogP) is 3.93. The molecule has 6 nitrogen and oxygen atoms in total. The predicted molar refractivity (Wildman–Crippen MR) is 103 cm³/mol. The summed E-state index contributed by atoms with van der Waals surface area (Å²) in [6.07, 6.45) is 1.20. The fourth-order valence-corrected chi connectivity index (χ4v) is 5.46. The lowest BCUT2D eigenvalue weighted by atomic mass is 10.2. The number of piperidine rings is 1. The summed E-state index contributed by atoms with van der Waals surface area (Å²) >= 11 is 4.97. The van der Waals surface area contributed by atoms with Crippen LogP contribution in [0.2, 0.25) is 0 Å². The SMILES string of the molecule is Cc1nc(C(=O)N2C[C@H]3C[C@H]3[C@H]2CNc2nc3ccccc3o2)c(Br)s1. The molecule has 1 aromatic carbocycles. The van der Waals surface area contributed by atoms with Gasteiger partial charge in [-0.05, 0) is 53.2 Å². The number of likely N-dealkylation sites (tertiary alicyclic amines) is 1. The Kier molecular flexibility index (Phi) is 3.79. The number of aryl methyl sites for hydroxylation is 1. The van der Waals surface area contributed by atoms with E-state index in [1.54, 1.807) is 0 Å². The topological polar surface area (TPSA) is 71.3 Å². The van der Waals surface area contributed by atoms with Crippen LogP contribution < -0.4 is 5.32 Å². The Hall–Kier alpha value is -1.93. The quantitative estimate of drug-likeness (QED) is 0.675. The number of fused-ring (bicyclic) bond motifs is 2. The van der Waals surface area contributed by atoms with Crippen molar-refractivity contribution >= 4 is 50.3 Å². The van der Waals surface area contributed by atoms with Crippen molar-refractivity contribution in [2.24, 2.45) is 11.8 Å². The van der Waals surface area contributed by atoms with Gasteiger partial charge in [0.15, 0.2) is 11.3 Å². The Morgan fingerprint density at radius 2 is 2.27 bits per heavy atom. The lowest BCUT2D eigenvalue weighted by molar-refractivity contribution is 0.0709. The maximum absolute atomic E-state index is 13.0. The van der Waals surface area contributed by atoms with E-state index in [9.17, 15) is 4.79 Å². The number of benzene rings is 1. The first-order chi connectivity index (χ1) is 12.6. The lowest BCUT2D eigenvalue weighted by Gasteiger charge is -2.27. The Bertz CT molecular complexity index is 967. The number of amides is 1. The summed E-state index contributed by atoms with van der Waals surface area (Å²) in [7, 11) is 0. The third kappa shape index (κ3) is 2.72. The third-order valence-corrected chi connectivity index (χ3v) is 6.84. The average Bonchev–Trinajstić information content (AvgIpc) is 2.97. The van der Waals surface area contributed by atoms with E-state index in [1.165, 1.54) is 17.8 Å². The van der Waals surface area contributed by atoms with Crippen LogP contribution in [0.1, 0.15) is 21.9 Å². The van der Waals surface area contributed by atoms with Gasteiger partial charge in [-0.25, -0.2) is 4.98 Å². The van der Waals surface area contributed by atoms with E-state index < -0.39 is 0 Å². The van der Waals surface area contributed by atoms with Crippen LogP contribution in [0, 0.1) is 18.8 Å². The second kappa shape index (κ2) is 6.06. The smallest absolute Gasteiger partial charge is 0.295 e. The van der Waals surface area contributed by atoms with E-state index in [0.29, 0.717) is 30.1 Å². The number of carbonyl (C=O) groups excluding carboxylic acids is 1. The van der Waals surface area contributed by atoms with Crippen LogP contribution in [0.3, 0.4) is 0 Å². The van der Waals surface area contributed by atoms with Gasteiger partial charge in [-0.3, -0.25) is 4.79 Å². The third-order valence-electron chi connectivity index (χ3n) is 5.22. The molecule has 134 valence electrons. The molecule has 5 rings (SSSR count). The standard InChI is InChI=1S/C18H17BrN4O2S/c1-9-21-15(16(19)26-9)17(24)23-8-10-6-11(10)13(23)7-20-18-22-12-4-2-3-5-14(12)25-18/h2-5,10-11,13H,6-8H2,1H3,(H,20,22)/t10-,11-,13-/m1/s1. The van der Waals surface area contributed by atoms with Crippen molar-refractivity contribution in [2.45, 2.75) is 19.4 Å². The second-order valence-corrected chi connectivity index (χ2v) is 9.43. The van der Waals surface area contributed by atoms with Crippen LogP contribution in [0.5, 0.6) is 0 Å². The molecule has 1 aliphatic heterocycles. The minimum absolute atomic E-state index is 0.0118. The molecule has 2 aliphatic rings. The molecule has 3 atom stereocenters. The van der Waals surface area contributed by atoms with Gasteiger partial charge >= 0.3 is 0 Å². The average molecular weight is 433 g/mol. The molecular formula is C18H17BrN4O2S. The molecule has 0 unspecified atom stereocenters. The van der Waals surface area contributed by atoms with Crippen LogP contribution in [-0.2, 0) is 0 Å². The van der Waals surface area contributed by atoms with Crippen LogP contribution in [0.4, 0.5) is 6.01 Å². The summed E-state index contributed by atoms with van der Waals surface area (Å²) in [6, 6.07) is 8.35. The van der Waals surface area contributed by atoms with Crippen LogP contribution in [0.25, 0.3) is 11.1 Å². The van der Waals surface area contributed by atoms with Crippen molar-refractivity contribution in [1.82, 2.24) is 14.9 Å². The molecule has 1 saturated heterocycles. The largest absolute Gasteiger partial charge is 0.424 e. The number of oxazole rings is 1. The second-order valence-electron chi connectivity index (χ2n) is 6.91. The number of rotatable bonds is 4. The molecule has 0 bridgehead atoms. The number of carbonyl (C=O) groups is 1. The lowest BCUT2D eigenvalue weighted by Crippen LogP contribution is -2.42. The summed E-state index contributed by atoms with van der Waals surface area (Å²) in [5.74, 6) is 1.19. The minimum atomic E-state index is 0.0118. The van der Waals surface area contributed by atoms with Gasteiger partial charge in [0.2, 0.25) is 0 Å². The Morgan fingerprint density at radius 1 is 1.42 bits per heavy atom. The summed E-state index contributed by atoms with van der Waals surface area (Å²) < 4.78 is 6.55. The maximum atomic E-state index is 13.0. The van der Waals surface area contributed by atoms with Gasteiger partial charge in [0.05, 0.1) is 11.0 Å². The van der Waals surface area contributed by atoms with Crippen molar-refractivity contribution in [3.8, 4) is 0 Å². The summed E-state index contributed by atoms with van der Waals surface area (Å²) in [6.45, 7) is 3.37. The highest BCUT2D eigenvalue weighted by Crippen LogP contribution is 2.50. The molecule has 2 fully saturated rings. The van der Waals surface area contributed by atoms with Gasteiger partial charge in [-0.15, -0.1) is 11.3 Å². The van der Waals surface area contributed by atoms with Crippen molar-refractivity contribution in [2.75, 3.05) is 18.4 Å². The molecule has 1 aliphatic carbocycles. The van der Waals surface area contributed by atoms with E-state index in [4.69, 9.17) is 4.42 Å². The molecule has 2 aromatic heterocycles. The molecule has 1 N–H and O–H groups in total. The molecule has 8 heteroatoms. The number of nitrogens with one attached hydrogen (secondary N) is 1. The normalized spacial score (nSPS) is 24.1. The zero-order valence-electron chi connectivity index (χ0n) is 14.1. The van der Waals surface area contributed by atoms with E-state index in [1.807, 2.05) is 36.1 Å². The fraction of sp³-hybridized carbons (Fsp3) is 0.389. The maximum Gasteiger partial charge on any atom is 0.295 e. The number of hydrogen-bond acceptors (Lipinski definition) is 6. The Labute approximate surface area is 162 Å². The minimum Gasteiger partial charge on any atom is -0.424 e. The summed E-state index contributed by atoms with van der Waals surface area (Å²) in [5.41, 5.74) is 2.13. The molecule has 26 heavy (non-hydrogen) atoms. The first kappa shape index (κ1) is 16.3. The number of thiazole rings is 1. The van der Waals surface area contributed by atoms with E-state index in [-0.39, 0.29) is 11.9 Å². The first-order valence-corrected chi connectivity index (χ1v) is 10.2. The fourth-order valence-electron chi connectivity index (χ4n) is 3.88. The zero-order chi connectivity index (χ0) is 17.8. The summed E-state index contributed by atoms with van der Waals surface area (Å²) in [4.78, 5) is 23.8. The highest BCUT2D eigenvalue weighted by Gasteiger charge is 2.54. The van der Waals surface area contributed by atoms with Gasteiger partial charge in [0.25, 0.3) is 11.9 Å². The number of nitrogens with zero attached hydrogens (tertiary/aromatic N) is 3. The van der Waals surface area contributed by atoms with Gasteiger partial charge in [-0.2, -0.15) is 4.98 Å². The Morgan fingerprint density at radius 3 is 3.04 bits per heavy atom. The van der Waals surface area contributed by atoms with E-state index >= 15 is 0 Å². The van der Waals surface area contributed by atoms with Gasteiger partial charge in [0, 0.05) is 13.1 Å². The van der Waals surface area contributed by atoms with Crippen molar-refractivity contribution in [1.29, 1.82) is 0 Å². The molecular weight excluding hydrogens is 416 g/mol. The first-order valence-electron chi connectivity index (χ1n) is 8.63. The Balaban J connectivity index is 1.33. The molecule has 1 amide bonds. The molecule has 1 saturated carbocycles. The van der Waals surface area contributed by atoms with Gasteiger partial charge < -0.3 is 14.6 Å². The van der Waals surface area contributed by atoms with Gasteiger partial charge in [-0.1, -0.05) is 12.1 Å². The molecule has 0 radical (unpaired) electrons. The van der Waals surface area contributed by atoms with E-state index in [2.05, 4.69) is 31.2 Å². The van der Waals surface area contributed by atoms with E-state index in [0.717, 1.165) is 26.4 Å². The highest BCUT2D eigenvalue weighted by atomic mass is 79.9. The number of anilines is 1.